The second-order valence-electron chi connectivity index (χ2n) is 7.24. The maximum absolute atomic E-state index is 12.9. The van der Waals surface area contributed by atoms with Crippen molar-refractivity contribution in [2.24, 2.45) is 0 Å². The summed E-state index contributed by atoms with van der Waals surface area (Å²) in [6.07, 6.45) is -2.65. The van der Waals surface area contributed by atoms with Gasteiger partial charge >= 0.3 is 6.18 Å². The summed E-state index contributed by atoms with van der Waals surface area (Å²) in [4.78, 5) is 20.7. The SMILES string of the molecule is O=C(CN1CCN(c2cccc(C(F)(F)F)c2)CC1)Nc1cccc2ncccc12. The number of carbonyl (C=O) groups is 1. The largest absolute Gasteiger partial charge is 0.416 e. The van der Waals surface area contributed by atoms with Crippen LogP contribution < -0.4 is 10.2 Å². The highest BCUT2D eigenvalue weighted by atomic mass is 19.4. The number of pyridine rings is 1. The van der Waals surface area contributed by atoms with Gasteiger partial charge in [0.1, 0.15) is 0 Å². The Labute approximate surface area is 172 Å². The van der Waals surface area contributed by atoms with Gasteiger partial charge in [-0.2, -0.15) is 13.2 Å². The van der Waals surface area contributed by atoms with Gasteiger partial charge in [0, 0.05) is 43.4 Å². The van der Waals surface area contributed by atoms with E-state index in [4.69, 9.17) is 0 Å². The molecule has 1 N–H and O–H groups in total. The van der Waals surface area contributed by atoms with Crippen LogP contribution in [0.5, 0.6) is 0 Å². The molecule has 2 aromatic carbocycles. The highest BCUT2D eigenvalue weighted by molar-refractivity contribution is 6.01. The number of alkyl halides is 3. The van der Waals surface area contributed by atoms with Gasteiger partial charge in [0.05, 0.1) is 23.3 Å². The molecule has 1 aliphatic rings. The van der Waals surface area contributed by atoms with E-state index in [0.717, 1.165) is 17.0 Å². The minimum atomic E-state index is -4.35. The number of piperazine rings is 1. The standard InChI is InChI=1S/C22H21F3N4O/c23-22(24,25)16-4-1-5-17(14-16)29-12-10-28(11-13-29)15-21(30)27-20-8-2-7-19-18(20)6-3-9-26-19/h1-9,14H,10-13,15H2,(H,27,30). The Morgan fingerprint density at radius 1 is 1.00 bits per heavy atom. The van der Waals surface area contributed by atoms with Crippen molar-refractivity contribution in [3.63, 3.8) is 0 Å². The van der Waals surface area contributed by atoms with Crippen LogP contribution in [0.25, 0.3) is 10.9 Å². The summed E-state index contributed by atoms with van der Waals surface area (Å²) < 4.78 is 38.8. The molecule has 0 saturated carbocycles. The van der Waals surface area contributed by atoms with E-state index in [1.807, 2.05) is 40.1 Å². The zero-order chi connectivity index (χ0) is 21.1. The Morgan fingerprint density at radius 2 is 1.77 bits per heavy atom. The van der Waals surface area contributed by atoms with Crippen molar-refractivity contribution < 1.29 is 18.0 Å². The molecule has 0 atom stereocenters. The van der Waals surface area contributed by atoms with Gasteiger partial charge in [-0.05, 0) is 42.5 Å². The third kappa shape index (κ3) is 4.54. The van der Waals surface area contributed by atoms with Gasteiger partial charge in [0.15, 0.2) is 0 Å². The average Bonchev–Trinajstić information content (AvgIpc) is 2.74. The van der Waals surface area contributed by atoms with E-state index in [9.17, 15) is 18.0 Å². The highest BCUT2D eigenvalue weighted by Crippen LogP contribution is 2.32. The van der Waals surface area contributed by atoms with Gasteiger partial charge < -0.3 is 10.2 Å². The normalized spacial score (nSPS) is 15.4. The summed E-state index contributed by atoms with van der Waals surface area (Å²) >= 11 is 0. The summed E-state index contributed by atoms with van der Waals surface area (Å²) in [7, 11) is 0. The molecule has 0 radical (unpaired) electrons. The van der Waals surface area contributed by atoms with Crippen LogP contribution in [0.4, 0.5) is 24.5 Å². The van der Waals surface area contributed by atoms with Crippen LogP contribution in [-0.2, 0) is 11.0 Å². The molecule has 156 valence electrons. The number of amides is 1. The molecule has 1 fully saturated rings. The van der Waals surface area contributed by atoms with Crippen molar-refractivity contribution in [1.82, 2.24) is 9.88 Å². The number of hydrogen-bond acceptors (Lipinski definition) is 4. The fourth-order valence-electron chi connectivity index (χ4n) is 3.65. The van der Waals surface area contributed by atoms with Gasteiger partial charge in [-0.3, -0.25) is 14.7 Å². The van der Waals surface area contributed by atoms with Crippen molar-refractivity contribution in [3.05, 3.63) is 66.4 Å². The van der Waals surface area contributed by atoms with E-state index < -0.39 is 11.7 Å². The molecule has 4 rings (SSSR count). The number of benzene rings is 2. The van der Waals surface area contributed by atoms with Crippen LogP contribution in [0.2, 0.25) is 0 Å². The molecule has 30 heavy (non-hydrogen) atoms. The first-order valence-electron chi connectivity index (χ1n) is 9.68. The van der Waals surface area contributed by atoms with Crippen LogP contribution >= 0.6 is 0 Å². The minimum Gasteiger partial charge on any atom is -0.369 e. The molecule has 3 aromatic rings. The number of halogens is 3. The lowest BCUT2D eigenvalue weighted by molar-refractivity contribution is -0.137. The van der Waals surface area contributed by atoms with Gasteiger partial charge in [-0.1, -0.05) is 12.1 Å². The molecule has 1 aromatic heterocycles. The lowest BCUT2D eigenvalue weighted by Crippen LogP contribution is -2.48. The van der Waals surface area contributed by atoms with Crippen molar-refractivity contribution in [2.75, 3.05) is 42.9 Å². The van der Waals surface area contributed by atoms with E-state index in [1.165, 1.54) is 12.1 Å². The number of aromatic nitrogens is 1. The van der Waals surface area contributed by atoms with Crippen LogP contribution in [0.1, 0.15) is 5.56 Å². The lowest BCUT2D eigenvalue weighted by Gasteiger charge is -2.36. The molecule has 2 heterocycles. The predicted octanol–water partition coefficient (Wildman–Crippen LogP) is 4.01. The Kier molecular flexibility index (Phi) is 5.59. The first-order chi connectivity index (χ1) is 14.4. The number of rotatable bonds is 4. The maximum atomic E-state index is 12.9. The second kappa shape index (κ2) is 8.31. The van der Waals surface area contributed by atoms with Crippen molar-refractivity contribution in [2.45, 2.75) is 6.18 Å². The summed E-state index contributed by atoms with van der Waals surface area (Å²) in [5, 5.41) is 3.82. The molecule has 1 amide bonds. The average molecular weight is 414 g/mol. The predicted molar refractivity (Wildman–Crippen MR) is 110 cm³/mol. The lowest BCUT2D eigenvalue weighted by atomic mass is 10.1. The van der Waals surface area contributed by atoms with Gasteiger partial charge in [0.25, 0.3) is 0 Å². The Bertz CT molecular complexity index is 1040. The number of nitrogens with one attached hydrogen (secondary N) is 1. The minimum absolute atomic E-state index is 0.126. The zero-order valence-electron chi connectivity index (χ0n) is 16.2. The van der Waals surface area contributed by atoms with E-state index in [-0.39, 0.29) is 12.5 Å². The number of hydrogen-bond donors (Lipinski definition) is 1. The van der Waals surface area contributed by atoms with Gasteiger partial charge in [0.2, 0.25) is 5.91 Å². The quantitative estimate of drug-likeness (QED) is 0.701. The molecule has 0 unspecified atom stereocenters. The fraction of sp³-hybridized carbons (Fsp3) is 0.273. The molecule has 8 heteroatoms. The molecule has 1 saturated heterocycles. The molecule has 0 bridgehead atoms. The first kappa shape index (κ1) is 20.2. The maximum Gasteiger partial charge on any atom is 0.416 e. The van der Waals surface area contributed by atoms with Gasteiger partial charge in [-0.25, -0.2) is 0 Å². The Hall–Kier alpha value is -3.13. The van der Waals surface area contributed by atoms with E-state index >= 15 is 0 Å². The van der Waals surface area contributed by atoms with E-state index in [0.29, 0.717) is 37.6 Å². The fourth-order valence-corrected chi connectivity index (χ4v) is 3.65. The summed E-state index contributed by atoms with van der Waals surface area (Å²) in [6, 6.07) is 14.7. The topological polar surface area (TPSA) is 48.5 Å². The first-order valence-corrected chi connectivity index (χ1v) is 9.68. The summed E-state index contributed by atoms with van der Waals surface area (Å²) in [5.41, 5.74) is 1.43. The third-order valence-electron chi connectivity index (χ3n) is 5.20. The Morgan fingerprint density at radius 3 is 2.53 bits per heavy atom. The van der Waals surface area contributed by atoms with Crippen molar-refractivity contribution in [3.8, 4) is 0 Å². The van der Waals surface area contributed by atoms with Crippen LogP contribution in [0, 0.1) is 0 Å². The zero-order valence-corrected chi connectivity index (χ0v) is 16.2. The smallest absolute Gasteiger partial charge is 0.369 e. The van der Waals surface area contributed by atoms with E-state index in [2.05, 4.69) is 10.3 Å². The van der Waals surface area contributed by atoms with Gasteiger partial charge in [-0.15, -0.1) is 0 Å². The van der Waals surface area contributed by atoms with Crippen LogP contribution in [0.15, 0.2) is 60.8 Å². The third-order valence-corrected chi connectivity index (χ3v) is 5.20. The summed E-state index contributed by atoms with van der Waals surface area (Å²) in [5.74, 6) is -0.126. The van der Waals surface area contributed by atoms with Crippen LogP contribution in [-0.4, -0.2) is 48.5 Å². The number of anilines is 2. The number of carbonyl (C=O) groups excluding carboxylic acids is 1. The molecule has 5 nitrogen and oxygen atoms in total. The molecular formula is C22H21F3N4O. The van der Waals surface area contributed by atoms with E-state index in [1.54, 1.807) is 12.3 Å². The number of fused-ring (bicyclic) bond motifs is 1. The second-order valence-corrected chi connectivity index (χ2v) is 7.24. The molecular weight excluding hydrogens is 393 g/mol. The number of nitrogens with zero attached hydrogens (tertiary/aromatic N) is 3. The monoisotopic (exact) mass is 414 g/mol. The highest BCUT2D eigenvalue weighted by Gasteiger charge is 2.31. The summed E-state index contributed by atoms with van der Waals surface area (Å²) in [6.45, 7) is 2.55. The Balaban J connectivity index is 1.34. The molecule has 0 spiro atoms. The molecule has 1 aliphatic heterocycles. The van der Waals surface area contributed by atoms with Crippen molar-refractivity contribution in [1.29, 1.82) is 0 Å². The van der Waals surface area contributed by atoms with Crippen LogP contribution in [0.3, 0.4) is 0 Å². The molecule has 0 aliphatic carbocycles. The van der Waals surface area contributed by atoms with Crippen molar-refractivity contribution >= 4 is 28.2 Å².